The standard InChI is InChI=1S/C24H40N4O2/c1-6-19(4)28(20(5)7-2)24(30)18-27-15-13-26(14-16-27)17-23(29)25-22-12-10-9-11-21(22)8-3/h9-12,19-20H,6-8,13-18H2,1-5H3,(H,25,29)/p+2/t19-,20+. The zero-order valence-electron chi connectivity index (χ0n) is 19.6. The summed E-state index contributed by atoms with van der Waals surface area (Å²) >= 11 is 0. The fraction of sp³-hybridized carbons (Fsp3) is 0.667. The van der Waals surface area contributed by atoms with Crippen molar-refractivity contribution in [3.63, 3.8) is 0 Å². The second-order valence-electron chi connectivity index (χ2n) is 8.73. The molecule has 6 nitrogen and oxygen atoms in total. The quantitative estimate of drug-likeness (QED) is 0.515. The van der Waals surface area contributed by atoms with Crippen LogP contribution in [0.1, 0.15) is 53.0 Å². The van der Waals surface area contributed by atoms with Crippen LogP contribution in [0.2, 0.25) is 0 Å². The number of rotatable bonds is 10. The third-order valence-corrected chi connectivity index (χ3v) is 6.57. The van der Waals surface area contributed by atoms with E-state index in [1.807, 2.05) is 18.2 Å². The number of nitrogens with one attached hydrogen (secondary N) is 3. The summed E-state index contributed by atoms with van der Waals surface area (Å²) in [5, 5.41) is 3.08. The van der Waals surface area contributed by atoms with E-state index in [2.05, 4.69) is 50.9 Å². The molecule has 2 rings (SSSR count). The fourth-order valence-electron chi connectivity index (χ4n) is 4.31. The van der Waals surface area contributed by atoms with Crippen LogP contribution in [0.25, 0.3) is 0 Å². The van der Waals surface area contributed by atoms with Gasteiger partial charge < -0.3 is 20.0 Å². The molecule has 1 aromatic rings. The SMILES string of the molecule is CCc1ccccc1NC(=O)C[NH+]1CC[NH+](CC(=O)N([C@H](C)CC)[C@@H](C)CC)CC1. The highest BCUT2D eigenvalue weighted by Crippen LogP contribution is 2.15. The van der Waals surface area contributed by atoms with Crippen molar-refractivity contribution in [2.24, 2.45) is 0 Å². The van der Waals surface area contributed by atoms with Crippen LogP contribution in [-0.4, -0.2) is 68.1 Å². The molecule has 1 aromatic carbocycles. The third kappa shape index (κ3) is 6.81. The minimum Gasteiger partial charge on any atom is -0.332 e. The number of carbonyl (C=O) groups excluding carboxylic acids is 2. The van der Waals surface area contributed by atoms with Gasteiger partial charge in [-0.1, -0.05) is 39.0 Å². The van der Waals surface area contributed by atoms with Gasteiger partial charge in [0.05, 0.1) is 0 Å². The van der Waals surface area contributed by atoms with Gasteiger partial charge in [-0.25, -0.2) is 0 Å². The zero-order valence-corrected chi connectivity index (χ0v) is 19.6. The minimum atomic E-state index is 0.0742. The average molecular weight is 419 g/mol. The first kappa shape index (κ1) is 24.4. The van der Waals surface area contributed by atoms with Gasteiger partial charge in [-0.3, -0.25) is 9.59 Å². The van der Waals surface area contributed by atoms with Crippen LogP contribution in [0.4, 0.5) is 5.69 Å². The maximum Gasteiger partial charge on any atom is 0.279 e. The molecule has 1 saturated heterocycles. The second kappa shape index (κ2) is 12.1. The largest absolute Gasteiger partial charge is 0.332 e. The molecule has 1 heterocycles. The highest BCUT2D eigenvalue weighted by Gasteiger charge is 2.30. The van der Waals surface area contributed by atoms with Crippen LogP contribution in [0.3, 0.4) is 0 Å². The van der Waals surface area contributed by atoms with Gasteiger partial charge in [-0.05, 0) is 44.7 Å². The number of aryl methyl sites for hydroxylation is 1. The smallest absolute Gasteiger partial charge is 0.279 e. The van der Waals surface area contributed by atoms with E-state index >= 15 is 0 Å². The summed E-state index contributed by atoms with van der Waals surface area (Å²) in [6.07, 6.45) is 2.88. The van der Waals surface area contributed by atoms with Gasteiger partial charge in [0.25, 0.3) is 11.8 Å². The van der Waals surface area contributed by atoms with Crippen molar-refractivity contribution in [3.8, 4) is 0 Å². The Morgan fingerprint density at radius 1 is 0.933 bits per heavy atom. The molecule has 0 unspecified atom stereocenters. The molecule has 168 valence electrons. The number of piperazine rings is 1. The van der Waals surface area contributed by atoms with E-state index in [9.17, 15) is 9.59 Å². The third-order valence-electron chi connectivity index (χ3n) is 6.57. The molecule has 0 spiro atoms. The molecular formula is C24H42N4O2+2. The van der Waals surface area contributed by atoms with Crippen LogP contribution in [-0.2, 0) is 16.0 Å². The fourth-order valence-corrected chi connectivity index (χ4v) is 4.31. The van der Waals surface area contributed by atoms with Crippen LogP contribution in [0.15, 0.2) is 24.3 Å². The van der Waals surface area contributed by atoms with Crippen LogP contribution >= 0.6 is 0 Å². The van der Waals surface area contributed by atoms with Crippen molar-refractivity contribution in [2.75, 3.05) is 44.6 Å². The van der Waals surface area contributed by atoms with Gasteiger partial charge in [0.2, 0.25) is 0 Å². The number of hydrogen-bond acceptors (Lipinski definition) is 2. The van der Waals surface area contributed by atoms with Crippen molar-refractivity contribution < 1.29 is 19.4 Å². The molecule has 2 atom stereocenters. The number of amides is 2. The predicted octanol–water partition coefficient (Wildman–Crippen LogP) is 0.397. The Morgan fingerprint density at radius 2 is 1.47 bits per heavy atom. The molecule has 1 fully saturated rings. The Kier molecular flexibility index (Phi) is 9.79. The minimum absolute atomic E-state index is 0.0742. The molecule has 1 aliphatic rings. The van der Waals surface area contributed by atoms with Crippen LogP contribution < -0.4 is 15.1 Å². The number of benzene rings is 1. The zero-order chi connectivity index (χ0) is 22.1. The molecule has 0 aliphatic carbocycles. The lowest BCUT2D eigenvalue weighted by atomic mass is 10.1. The molecule has 30 heavy (non-hydrogen) atoms. The van der Waals surface area contributed by atoms with Gasteiger partial charge in [0.1, 0.15) is 26.2 Å². The van der Waals surface area contributed by atoms with Gasteiger partial charge in [0.15, 0.2) is 13.1 Å². The van der Waals surface area contributed by atoms with Gasteiger partial charge in [-0.2, -0.15) is 0 Å². The summed E-state index contributed by atoms with van der Waals surface area (Å²) in [6.45, 7) is 15.5. The molecule has 0 radical (unpaired) electrons. The normalized spacial score (nSPS) is 21.0. The Hall–Kier alpha value is -1.92. The number of para-hydroxylation sites is 1. The first-order chi connectivity index (χ1) is 14.4. The van der Waals surface area contributed by atoms with Crippen LogP contribution in [0, 0.1) is 0 Å². The summed E-state index contributed by atoms with van der Waals surface area (Å²) in [5.41, 5.74) is 2.09. The van der Waals surface area contributed by atoms with E-state index in [-0.39, 0.29) is 23.9 Å². The van der Waals surface area contributed by atoms with Gasteiger partial charge >= 0.3 is 0 Å². The van der Waals surface area contributed by atoms with Crippen molar-refractivity contribution in [1.82, 2.24) is 4.90 Å². The maximum absolute atomic E-state index is 13.0. The lowest BCUT2D eigenvalue weighted by Gasteiger charge is -2.36. The maximum atomic E-state index is 13.0. The first-order valence-electron chi connectivity index (χ1n) is 11.8. The Bertz CT molecular complexity index is 676. The Balaban J connectivity index is 1.81. The van der Waals surface area contributed by atoms with E-state index in [1.54, 1.807) is 0 Å². The second-order valence-corrected chi connectivity index (χ2v) is 8.73. The molecule has 6 heteroatoms. The summed E-state index contributed by atoms with van der Waals surface area (Å²) in [7, 11) is 0. The lowest BCUT2D eigenvalue weighted by molar-refractivity contribution is -1.00. The predicted molar refractivity (Wildman–Crippen MR) is 122 cm³/mol. The van der Waals surface area contributed by atoms with Gasteiger partial charge in [0, 0.05) is 17.8 Å². The van der Waals surface area contributed by atoms with E-state index in [0.29, 0.717) is 13.1 Å². The summed E-state index contributed by atoms with van der Waals surface area (Å²) in [5.74, 6) is 0.344. The van der Waals surface area contributed by atoms with E-state index in [0.717, 1.165) is 51.1 Å². The molecule has 0 bridgehead atoms. The van der Waals surface area contributed by atoms with Gasteiger partial charge in [-0.15, -0.1) is 0 Å². The monoisotopic (exact) mass is 418 g/mol. The van der Waals surface area contributed by atoms with E-state index in [1.165, 1.54) is 15.4 Å². The van der Waals surface area contributed by atoms with Crippen LogP contribution in [0.5, 0.6) is 0 Å². The lowest BCUT2D eigenvalue weighted by Crippen LogP contribution is -3.28. The number of hydrogen-bond donors (Lipinski definition) is 3. The number of quaternary nitrogens is 2. The number of carbonyl (C=O) groups is 2. The molecule has 1 aliphatic heterocycles. The molecule has 3 N–H and O–H groups in total. The Labute approximate surface area is 182 Å². The summed E-state index contributed by atoms with van der Waals surface area (Å²) in [6, 6.07) is 8.57. The summed E-state index contributed by atoms with van der Waals surface area (Å²) in [4.78, 5) is 30.2. The van der Waals surface area contributed by atoms with E-state index < -0.39 is 0 Å². The highest BCUT2D eigenvalue weighted by molar-refractivity contribution is 5.92. The highest BCUT2D eigenvalue weighted by atomic mass is 16.2. The van der Waals surface area contributed by atoms with Crippen molar-refractivity contribution >= 4 is 17.5 Å². The summed E-state index contributed by atoms with van der Waals surface area (Å²) < 4.78 is 0. The number of nitrogens with zero attached hydrogens (tertiary/aromatic N) is 1. The number of anilines is 1. The van der Waals surface area contributed by atoms with Crippen molar-refractivity contribution in [1.29, 1.82) is 0 Å². The molecule has 0 aromatic heterocycles. The van der Waals surface area contributed by atoms with Crippen molar-refractivity contribution in [2.45, 2.75) is 66.0 Å². The topological polar surface area (TPSA) is 58.3 Å². The molecular weight excluding hydrogens is 376 g/mol. The average Bonchev–Trinajstić information content (AvgIpc) is 2.75. The first-order valence-corrected chi connectivity index (χ1v) is 11.8. The van der Waals surface area contributed by atoms with E-state index in [4.69, 9.17) is 0 Å². The molecule has 0 saturated carbocycles. The molecule has 2 amide bonds. The van der Waals surface area contributed by atoms with Crippen molar-refractivity contribution in [3.05, 3.63) is 29.8 Å². The Morgan fingerprint density at radius 3 is 2.00 bits per heavy atom.